The zero-order valence-corrected chi connectivity index (χ0v) is 13.6. The number of hydrogen-bond donors (Lipinski definition) is 1. The maximum atomic E-state index is 10.1. The second-order valence-corrected chi connectivity index (χ2v) is 6.53. The largest absolute Gasteiger partial charge is 0.394 e. The molecule has 1 N–H and O–H groups in total. The highest BCUT2D eigenvalue weighted by molar-refractivity contribution is 5.29. The molecule has 0 amide bonds. The normalized spacial score (nSPS) is 21.4. The van der Waals surface area contributed by atoms with E-state index in [1.807, 2.05) is 29.9 Å². The number of aliphatic hydroxyl groups excluding tert-OH is 1. The molecule has 3 rings (SSSR count). The molecule has 4 nitrogen and oxygen atoms in total. The monoisotopic (exact) mass is 309 g/mol. The fourth-order valence-corrected chi connectivity index (χ4v) is 3.70. The van der Waals surface area contributed by atoms with Crippen molar-refractivity contribution < 1.29 is 5.11 Å². The summed E-state index contributed by atoms with van der Waals surface area (Å²) in [7, 11) is 1.90. The summed E-state index contributed by atoms with van der Waals surface area (Å²) < 4.78 is 1.86. The lowest BCUT2D eigenvalue weighted by molar-refractivity contribution is 0.0582. The third kappa shape index (κ3) is 3.17. The van der Waals surface area contributed by atoms with Crippen LogP contribution in [0.5, 0.6) is 0 Å². The van der Waals surface area contributed by atoms with Gasteiger partial charge in [0.25, 0.3) is 0 Å². The van der Waals surface area contributed by atoms with E-state index in [0.29, 0.717) is 5.69 Å². The number of benzene rings is 1. The van der Waals surface area contributed by atoms with E-state index in [2.05, 4.69) is 35.2 Å². The van der Waals surface area contributed by atoms with E-state index in [9.17, 15) is 5.11 Å². The zero-order chi connectivity index (χ0) is 16.3. The van der Waals surface area contributed by atoms with Crippen molar-refractivity contribution in [1.82, 2.24) is 9.47 Å². The van der Waals surface area contributed by atoms with Crippen LogP contribution >= 0.6 is 0 Å². The summed E-state index contributed by atoms with van der Waals surface area (Å²) in [5.74, 6) is 0. The van der Waals surface area contributed by atoms with Crippen LogP contribution in [-0.2, 0) is 20.0 Å². The molecule has 0 aliphatic carbocycles. The Hall–Kier alpha value is -2.09. The first-order valence-electron chi connectivity index (χ1n) is 8.12. The molecular formula is C19H23N3O. The molecule has 1 aliphatic heterocycles. The summed E-state index contributed by atoms with van der Waals surface area (Å²) in [6.45, 7) is 1.94. The Morgan fingerprint density at radius 1 is 1.26 bits per heavy atom. The minimum atomic E-state index is -0.190. The van der Waals surface area contributed by atoms with Crippen molar-refractivity contribution in [3.05, 3.63) is 59.4 Å². The van der Waals surface area contributed by atoms with Crippen molar-refractivity contribution in [2.24, 2.45) is 7.05 Å². The van der Waals surface area contributed by atoms with Crippen LogP contribution in [0.15, 0.2) is 42.6 Å². The molecule has 1 aromatic carbocycles. The molecule has 1 fully saturated rings. The second kappa shape index (κ2) is 6.57. The van der Waals surface area contributed by atoms with Crippen LogP contribution in [-0.4, -0.2) is 33.3 Å². The van der Waals surface area contributed by atoms with Crippen LogP contribution in [0.1, 0.15) is 29.7 Å². The van der Waals surface area contributed by atoms with E-state index in [4.69, 9.17) is 5.26 Å². The summed E-state index contributed by atoms with van der Waals surface area (Å²) in [5.41, 5.74) is 2.89. The van der Waals surface area contributed by atoms with E-state index < -0.39 is 0 Å². The van der Waals surface area contributed by atoms with E-state index in [0.717, 1.165) is 37.9 Å². The van der Waals surface area contributed by atoms with Gasteiger partial charge in [-0.05, 0) is 43.0 Å². The summed E-state index contributed by atoms with van der Waals surface area (Å²) in [6, 6.07) is 14.5. The van der Waals surface area contributed by atoms with Gasteiger partial charge in [0.1, 0.15) is 11.8 Å². The lowest BCUT2D eigenvalue weighted by Gasteiger charge is -2.37. The number of nitrogens with zero attached hydrogens (tertiary/aromatic N) is 3. The molecule has 2 heterocycles. The van der Waals surface area contributed by atoms with E-state index in [1.165, 1.54) is 5.56 Å². The first kappa shape index (κ1) is 15.8. The van der Waals surface area contributed by atoms with Gasteiger partial charge in [-0.2, -0.15) is 5.26 Å². The molecule has 1 aromatic heterocycles. The van der Waals surface area contributed by atoms with Crippen molar-refractivity contribution >= 4 is 0 Å². The maximum Gasteiger partial charge on any atom is 0.120 e. The maximum absolute atomic E-state index is 10.1. The molecule has 1 atom stereocenters. The van der Waals surface area contributed by atoms with Crippen molar-refractivity contribution in [2.45, 2.75) is 31.3 Å². The van der Waals surface area contributed by atoms with Gasteiger partial charge in [-0.15, -0.1) is 0 Å². The van der Waals surface area contributed by atoms with Crippen LogP contribution < -0.4 is 0 Å². The summed E-state index contributed by atoms with van der Waals surface area (Å²) in [5, 5.41) is 19.2. The van der Waals surface area contributed by atoms with Crippen molar-refractivity contribution in [3.8, 4) is 6.07 Å². The predicted octanol–water partition coefficient (Wildman–Crippen LogP) is 2.47. The van der Waals surface area contributed by atoms with Gasteiger partial charge in [0.15, 0.2) is 0 Å². The molecule has 0 saturated carbocycles. The number of rotatable bonds is 5. The van der Waals surface area contributed by atoms with Gasteiger partial charge in [0.05, 0.1) is 6.61 Å². The Balaban J connectivity index is 1.81. The van der Waals surface area contributed by atoms with Gasteiger partial charge in [-0.1, -0.05) is 30.3 Å². The van der Waals surface area contributed by atoms with Gasteiger partial charge < -0.3 is 9.67 Å². The standard InChI is InChI=1S/C19H23N3O/c1-21-13-17(10-18(21)12-20)14-22-9-5-8-19(22,15-23)11-16-6-3-2-4-7-16/h2-4,6-7,10,13,23H,5,8-9,11,14-15H2,1H3. The van der Waals surface area contributed by atoms with E-state index in [-0.39, 0.29) is 12.1 Å². The minimum Gasteiger partial charge on any atom is -0.394 e. The predicted molar refractivity (Wildman–Crippen MR) is 89.7 cm³/mol. The molecule has 120 valence electrons. The highest BCUT2D eigenvalue weighted by atomic mass is 16.3. The Kier molecular flexibility index (Phi) is 4.51. The van der Waals surface area contributed by atoms with Crippen molar-refractivity contribution in [3.63, 3.8) is 0 Å². The van der Waals surface area contributed by atoms with Crippen molar-refractivity contribution in [2.75, 3.05) is 13.2 Å². The molecule has 0 spiro atoms. The van der Waals surface area contributed by atoms with E-state index >= 15 is 0 Å². The fraction of sp³-hybridized carbons (Fsp3) is 0.421. The highest BCUT2D eigenvalue weighted by Crippen LogP contribution is 2.34. The zero-order valence-electron chi connectivity index (χ0n) is 13.6. The number of aryl methyl sites for hydroxylation is 1. The van der Waals surface area contributed by atoms with Gasteiger partial charge in [0.2, 0.25) is 0 Å². The number of hydrogen-bond acceptors (Lipinski definition) is 3. The van der Waals surface area contributed by atoms with Crippen LogP contribution in [0.4, 0.5) is 0 Å². The van der Waals surface area contributed by atoms with Gasteiger partial charge in [-0.25, -0.2) is 0 Å². The lowest BCUT2D eigenvalue weighted by Crippen LogP contribution is -2.48. The first-order chi connectivity index (χ1) is 11.2. The second-order valence-electron chi connectivity index (χ2n) is 6.53. The molecule has 4 heteroatoms. The topological polar surface area (TPSA) is 52.2 Å². The van der Waals surface area contributed by atoms with Crippen molar-refractivity contribution in [1.29, 1.82) is 5.26 Å². The molecule has 0 radical (unpaired) electrons. The quantitative estimate of drug-likeness (QED) is 0.923. The Labute approximate surface area is 137 Å². The molecule has 2 aromatic rings. The van der Waals surface area contributed by atoms with Gasteiger partial charge >= 0.3 is 0 Å². The SMILES string of the molecule is Cn1cc(CN2CCCC2(CO)Cc2ccccc2)cc1C#N. The van der Waals surface area contributed by atoms with Crippen LogP contribution in [0.25, 0.3) is 0 Å². The molecular weight excluding hydrogens is 286 g/mol. The molecule has 0 bridgehead atoms. The number of aromatic nitrogens is 1. The van der Waals surface area contributed by atoms with Crippen LogP contribution in [0.2, 0.25) is 0 Å². The third-order valence-corrected chi connectivity index (χ3v) is 4.96. The highest BCUT2D eigenvalue weighted by Gasteiger charge is 2.40. The smallest absolute Gasteiger partial charge is 0.120 e. The summed E-state index contributed by atoms with van der Waals surface area (Å²) in [6.07, 6.45) is 4.99. The number of aliphatic hydroxyl groups is 1. The average molecular weight is 309 g/mol. The average Bonchev–Trinajstić information content (AvgIpc) is 3.12. The lowest BCUT2D eigenvalue weighted by atomic mass is 9.88. The number of nitriles is 1. The molecule has 1 unspecified atom stereocenters. The molecule has 1 saturated heterocycles. The Bertz CT molecular complexity index is 701. The fourth-order valence-electron chi connectivity index (χ4n) is 3.70. The first-order valence-corrected chi connectivity index (χ1v) is 8.12. The van der Waals surface area contributed by atoms with Crippen LogP contribution in [0.3, 0.4) is 0 Å². The summed E-state index contributed by atoms with van der Waals surface area (Å²) >= 11 is 0. The third-order valence-electron chi connectivity index (χ3n) is 4.96. The molecule has 23 heavy (non-hydrogen) atoms. The van der Waals surface area contributed by atoms with Gasteiger partial charge in [0, 0.05) is 25.3 Å². The van der Waals surface area contributed by atoms with Gasteiger partial charge in [-0.3, -0.25) is 4.90 Å². The Morgan fingerprint density at radius 3 is 2.70 bits per heavy atom. The van der Waals surface area contributed by atoms with Crippen LogP contribution in [0, 0.1) is 11.3 Å². The minimum absolute atomic E-state index is 0.167. The summed E-state index contributed by atoms with van der Waals surface area (Å²) in [4.78, 5) is 2.39. The van der Waals surface area contributed by atoms with E-state index in [1.54, 1.807) is 0 Å². The Morgan fingerprint density at radius 2 is 2.04 bits per heavy atom. The molecule has 1 aliphatic rings. The number of likely N-dealkylation sites (tertiary alicyclic amines) is 1.